The normalized spacial score (nSPS) is 25.4. The van der Waals surface area contributed by atoms with E-state index < -0.39 is 34.3 Å². The number of ketones is 2. The van der Waals surface area contributed by atoms with Gasteiger partial charge in [0.15, 0.2) is 11.6 Å². The maximum absolute atomic E-state index is 14.1. The molecule has 2 aromatic rings. The molecule has 0 aromatic heterocycles. The van der Waals surface area contributed by atoms with Gasteiger partial charge in [0.1, 0.15) is 18.1 Å². The number of aromatic hydroxyl groups is 1. The van der Waals surface area contributed by atoms with E-state index in [4.69, 9.17) is 14.2 Å². The second-order valence-corrected chi connectivity index (χ2v) is 11.3. The Morgan fingerprint density at radius 3 is 2.41 bits per heavy atom. The van der Waals surface area contributed by atoms with E-state index in [1.54, 1.807) is 0 Å². The SMILES string of the molecule is COC12C=C(C(C)(C)C)C(CC1)C1C(=O)c3c(OC(=O)OCc4ccc([N+](=O)[O-])cc4)ccc(O)c3C(=O)C12. The Kier molecular flexibility index (Phi) is 6.33. The molecule has 0 radical (unpaired) electrons. The van der Waals surface area contributed by atoms with Crippen molar-refractivity contribution in [3.05, 3.63) is 74.9 Å². The van der Waals surface area contributed by atoms with Crippen LogP contribution in [0.5, 0.6) is 11.5 Å². The number of non-ortho nitro benzene ring substituents is 1. The average Bonchev–Trinajstić information content (AvgIpc) is 2.90. The molecule has 0 saturated heterocycles. The molecule has 10 nitrogen and oxygen atoms in total. The molecule has 4 atom stereocenters. The number of benzene rings is 2. The van der Waals surface area contributed by atoms with Gasteiger partial charge in [-0.25, -0.2) is 4.79 Å². The lowest BCUT2D eigenvalue weighted by atomic mass is 9.49. The number of allylic oxidation sites excluding steroid dienone is 1. The predicted molar refractivity (Wildman–Crippen MR) is 138 cm³/mol. The fourth-order valence-electron chi connectivity index (χ4n) is 6.36. The minimum atomic E-state index is -1.13. The van der Waals surface area contributed by atoms with Crippen molar-refractivity contribution in [1.82, 2.24) is 0 Å². The van der Waals surface area contributed by atoms with E-state index in [-0.39, 0.29) is 52.0 Å². The van der Waals surface area contributed by atoms with Crippen molar-refractivity contribution >= 4 is 23.4 Å². The van der Waals surface area contributed by atoms with Crippen molar-refractivity contribution in [1.29, 1.82) is 0 Å². The van der Waals surface area contributed by atoms with Crippen molar-refractivity contribution in [2.45, 2.75) is 45.8 Å². The van der Waals surface area contributed by atoms with E-state index in [1.165, 1.54) is 43.5 Å². The van der Waals surface area contributed by atoms with Crippen LogP contribution < -0.4 is 4.74 Å². The van der Waals surface area contributed by atoms with Crippen molar-refractivity contribution in [3.8, 4) is 11.5 Å². The van der Waals surface area contributed by atoms with Crippen molar-refractivity contribution in [2.75, 3.05) is 7.11 Å². The first-order valence-corrected chi connectivity index (χ1v) is 12.7. The summed E-state index contributed by atoms with van der Waals surface area (Å²) in [6, 6.07) is 7.93. The Labute approximate surface area is 224 Å². The van der Waals surface area contributed by atoms with Crippen LogP contribution in [0.15, 0.2) is 48.0 Å². The Morgan fingerprint density at radius 2 is 1.79 bits per heavy atom. The molecule has 204 valence electrons. The number of fused-ring (bicyclic) bond motifs is 2. The zero-order chi connectivity index (χ0) is 28.3. The molecule has 39 heavy (non-hydrogen) atoms. The summed E-state index contributed by atoms with van der Waals surface area (Å²) in [6.45, 7) is 5.94. The molecule has 0 amide bonds. The number of rotatable bonds is 5. The third-order valence-electron chi connectivity index (χ3n) is 8.13. The van der Waals surface area contributed by atoms with E-state index >= 15 is 0 Å². The lowest BCUT2D eigenvalue weighted by Gasteiger charge is -2.56. The number of carbonyl (C=O) groups excluding carboxylic acids is 3. The molecule has 1 fully saturated rings. The quantitative estimate of drug-likeness (QED) is 0.175. The van der Waals surface area contributed by atoms with Crippen LogP contribution in [0, 0.1) is 33.3 Å². The number of hydrogen-bond donors (Lipinski definition) is 1. The summed E-state index contributed by atoms with van der Waals surface area (Å²) in [5, 5.41) is 21.5. The van der Waals surface area contributed by atoms with Gasteiger partial charge in [-0.2, -0.15) is 0 Å². The molecule has 4 aliphatic carbocycles. The molecule has 2 aromatic carbocycles. The third kappa shape index (κ3) is 4.28. The minimum Gasteiger partial charge on any atom is -0.507 e. The molecule has 6 rings (SSSR count). The third-order valence-corrected chi connectivity index (χ3v) is 8.13. The fourth-order valence-corrected chi connectivity index (χ4v) is 6.36. The summed E-state index contributed by atoms with van der Waals surface area (Å²) in [4.78, 5) is 50.9. The molecule has 0 heterocycles. The Balaban J connectivity index is 1.46. The predicted octanol–water partition coefficient (Wildman–Crippen LogP) is 5.41. The Hall–Kier alpha value is -4.05. The molecule has 1 saturated carbocycles. The van der Waals surface area contributed by atoms with Gasteiger partial charge in [0.25, 0.3) is 5.69 Å². The molecular formula is C29H29NO9. The number of methoxy groups -OCH3 is 1. The summed E-state index contributed by atoms with van der Waals surface area (Å²) in [5.41, 5.74) is -0.120. The minimum absolute atomic E-state index is 0.102. The van der Waals surface area contributed by atoms with Gasteiger partial charge in [-0.1, -0.05) is 32.4 Å². The Morgan fingerprint density at radius 1 is 1.10 bits per heavy atom. The molecule has 4 unspecified atom stereocenters. The summed E-state index contributed by atoms with van der Waals surface area (Å²) in [6.07, 6.45) is 2.12. The number of carbonyl (C=O) groups is 3. The van der Waals surface area contributed by atoms with Crippen LogP contribution in [0.25, 0.3) is 0 Å². The largest absolute Gasteiger partial charge is 0.514 e. The van der Waals surface area contributed by atoms with E-state index in [0.717, 1.165) is 5.57 Å². The van der Waals surface area contributed by atoms with Crippen LogP contribution in [-0.4, -0.2) is 40.5 Å². The monoisotopic (exact) mass is 535 g/mol. The maximum Gasteiger partial charge on any atom is 0.514 e. The molecule has 2 bridgehead atoms. The smallest absolute Gasteiger partial charge is 0.507 e. The van der Waals surface area contributed by atoms with Crippen molar-refractivity contribution < 1.29 is 38.6 Å². The van der Waals surface area contributed by atoms with Gasteiger partial charge in [0, 0.05) is 25.2 Å². The number of nitro groups is 1. The van der Waals surface area contributed by atoms with Crippen LogP contribution in [0.3, 0.4) is 0 Å². The van der Waals surface area contributed by atoms with E-state index in [0.29, 0.717) is 18.4 Å². The highest BCUT2D eigenvalue weighted by Crippen LogP contribution is 2.60. The zero-order valence-electron chi connectivity index (χ0n) is 22.1. The van der Waals surface area contributed by atoms with Crippen molar-refractivity contribution in [3.63, 3.8) is 0 Å². The maximum atomic E-state index is 14.1. The van der Waals surface area contributed by atoms with Gasteiger partial charge >= 0.3 is 6.16 Å². The van der Waals surface area contributed by atoms with Gasteiger partial charge < -0.3 is 19.3 Å². The van der Waals surface area contributed by atoms with Crippen LogP contribution >= 0.6 is 0 Å². The fraction of sp³-hybridized carbons (Fsp3) is 0.414. The van der Waals surface area contributed by atoms with Gasteiger partial charge in [-0.15, -0.1) is 0 Å². The van der Waals surface area contributed by atoms with Gasteiger partial charge in [-0.3, -0.25) is 19.7 Å². The number of Topliss-reactive ketones (excluding diaryl/α,β-unsaturated/α-hetero) is 2. The Bertz CT molecular complexity index is 1420. The summed E-state index contributed by atoms with van der Waals surface area (Å²) < 4.78 is 16.5. The lowest BCUT2D eigenvalue weighted by molar-refractivity contribution is -0.384. The van der Waals surface area contributed by atoms with E-state index in [1.807, 2.05) is 6.08 Å². The summed E-state index contributed by atoms with van der Waals surface area (Å²) in [5.74, 6) is -3.08. The first kappa shape index (κ1) is 26.6. The summed E-state index contributed by atoms with van der Waals surface area (Å²) in [7, 11) is 1.53. The van der Waals surface area contributed by atoms with Crippen LogP contribution in [0.2, 0.25) is 0 Å². The lowest BCUT2D eigenvalue weighted by Crippen LogP contribution is -2.60. The number of nitrogens with zero attached hydrogens (tertiary/aromatic N) is 1. The topological polar surface area (TPSA) is 142 Å². The number of ether oxygens (including phenoxy) is 3. The van der Waals surface area contributed by atoms with Gasteiger partial charge in [-0.05, 0) is 54.0 Å². The van der Waals surface area contributed by atoms with Gasteiger partial charge in [0.2, 0.25) is 0 Å². The van der Waals surface area contributed by atoms with Gasteiger partial charge in [0.05, 0.1) is 27.6 Å². The number of phenols is 1. The second kappa shape index (κ2) is 9.30. The van der Waals surface area contributed by atoms with Crippen LogP contribution in [0.1, 0.15) is 59.9 Å². The highest BCUT2D eigenvalue weighted by Gasteiger charge is 2.63. The molecule has 4 aliphatic rings. The molecule has 0 spiro atoms. The van der Waals surface area contributed by atoms with E-state index in [2.05, 4.69) is 20.8 Å². The highest BCUT2D eigenvalue weighted by molar-refractivity contribution is 6.19. The van der Waals surface area contributed by atoms with Crippen molar-refractivity contribution in [2.24, 2.45) is 23.2 Å². The summed E-state index contributed by atoms with van der Waals surface area (Å²) >= 11 is 0. The van der Waals surface area contributed by atoms with Crippen LogP contribution in [0.4, 0.5) is 10.5 Å². The highest BCUT2D eigenvalue weighted by atomic mass is 16.7. The number of hydrogen-bond acceptors (Lipinski definition) is 9. The molecule has 1 N–H and O–H groups in total. The molecule has 0 aliphatic heterocycles. The van der Waals surface area contributed by atoms with E-state index in [9.17, 15) is 29.6 Å². The first-order chi connectivity index (χ1) is 18.4. The number of phenolic OH excluding ortho intramolecular Hbond substituents is 1. The molecule has 10 heteroatoms. The molecular weight excluding hydrogens is 506 g/mol. The first-order valence-electron chi connectivity index (χ1n) is 12.7. The average molecular weight is 536 g/mol. The number of nitro benzene ring substituents is 1. The zero-order valence-corrected chi connectivity index (χ0v) is 22.1. The standard InChI is InChI=1S/C29H29NO9/c1-28(2,3)18-13-29(37-4)12-11-17(18)21-24(29)26(33)22-19(31)9-10-20(23(22)25(21)32)39-27(34)38-14-15-5-7-16(8-6-15)30(35)36/h5-10,13,17,21,24,31H,11-12,14H2,1-4H3. The second-order valence-electron chi connectivity index (χ2n) is 11.3. The van der Waals surface area contributed by atoms with Crippen LogP contribution in [-0.2, 0) is 16.1 Å².